The van der Waals surface area contributed by atoms with Crippen molar-refractivity contribution in [1.29, 1.82) is 0 Å². The first-order valence-electron chi connectivity index (χ1n) is 6.36. The van der Waals surface area contributed by atoms with Crippen molar-refractivity contribution in [2.45, 2.75) is 66.3 Å². The monoisotopic (exact) mass is 215 g/mol. The molecule has 0 aliphatic heterocycles. The van der Waals surface area contributed by atoms with Crippen molar-refractivity contribution in [3.05, 3.63) is 0 Å². The van der Waals surface area contributed by atoms with Crippen molar-refractivity contribution in [1.82, 2.24) is 5.32 Å². The Morgan fingerprint density at radius 1 is 1.33 bits per heavy atom. The SMILES string of the molecule is CC.CC(=O)N[C@@H]1CCC[C@@H](C(C)C)C1.[HH]. The van der Waals surface area contributed by atoms with Crippen molar-refractivity contribution in [2.24, 2.45) is 11.8 Å². The predicted octanol–water partition coefficient (Wildman–Crippen LogP) is 3.61. The summed E-state index contributed by atoms with van der Waals surface area (Å²) in [6.07, 6.45) is 4.96. The molecule has 1 amide bonds. The Kier molecular flexibility index (Phi) is 7.45. The molecular formula is C13H29NO. The van der Waals surface area contributed by atoms with Crippen molar-refractivity contribution in [2.75, 3.05) is 0 Å². The molecule has 0 aromatic carbocycles. The summed E-state index contributed by atoms with van der Waals surface area (Å²) < 4.78 is 0. The molecule has 2 nitrogen and oxygen atoms in total. The Morgan fingerprint density at radius 3 is 2.40 bits per heavy atom. The Bertz CT molecular complexity index is 183. The van der Waals surface area contributed by atoms with Crippen LogP contribution in [-0.4, -0.2) is 11.9 Å². The lowest BCUT2D eigenvalue weighted by molar-refractivity contribution is -0.120. The molecule has 1 aliphatic carbocycles. The fraction of sp³-hybridized carbons (Fsp3) is 0.923. The molecular weight excluding hydrogens is 186 g/mol. The Hall–Kier alpha value is -0.530. The Labute approximate surface area is 96.3 Å². The van der Waals surface area contributed by atoms with E-state index >= 15 is 0 Å². The molecule has 0 heterocycles. The minimum atomic E-state index is 0. The molecule has 1 aliphatic rings. The molecule has 0 bridgehead atoms. The highest BCUT2D eigenvalue weighted by molar-refractivity contribution is 5.73. The van der Waals surface area contributed by atoms with Crippen LogP contribution in [-0.2, 0) is 4.79 Å². The number of hydrogen-bond acceptors (Lipinski definition) is 1. The van der Waals surface area contributed by atoms with Crippen LogP contribution in [0.25, 0.3) is 0 Å². The van der Waals surface area contributed by atoms with Gasteiger partial charge >= 0.3 is 0 Å². The van der Waals surface area contributed by atoms with Crippen molar-refractivity contribution in [3.63, 3.8) is 0 Å². The lowest BCUT2D eigenvalue weighted by Gasteiger charge is -2.31. The second-order valence-corrected chi connectivity index (χ2v) is 4.57. The van der Waals surface area contributed by atoms with E-state index in [0.29, 0.717) is 6.04 Å². The average Bonchev–Trinajstić information content (AvgIpc) is 2.20. The van der Waals surface area contributed by atoms with Gasteiger partial charge in [0.25, 0.3) is 0 Å². The van der Waals surface area contributed by atoms with Crippen LogP contribution in [0.3, 0.4) is 0 Å². The summed E-state index contributed by atoms with van der Waals surface area (Å²) in [6.45, 7) is 10.2. The molecule has 2 atom stereocenters. The molecule has 92 valence electrons. The van der Waals surface area contributed by atoms with E-state index in [1.165, 1.54) is 25.7 Å². The number of nitrogens with one attached hydrogen (secondary N) is 1. The molecule has 0 radical (unpaired) electrons. The average molecular weight is 215 g/mol. The minimum absolute atomic E-state index is 0. The van der Waals surface area contributed by atoms with E-state index in [1.54, 1.807) is 6.92 Å². The first-order valence-corrected chi connectivity index (χ1v) is 6.36. The molecule has 0 aromatic heterocycles. The van der Waals surface area contributed by atoms with Crippen LogP contribution in [0.15, 0.2) is 0 Å². The third-order valence-electron chi connectivity index (χ3n) is 3.06. The summed E-state index contributed by atoms with van der Waals surface area (Å²) in [5, 5.41) is 3.03. The zero-order valence-corrected chi connectivity index (χ0v) is 11.0. The largest absolute Gasteiger partial charge is 0.354 e. The number of carbonyl (C=O) groups excluding carboxylic acids is 1. The van der Waals surface area contributed by atoms with E-state index in [0.717, 1.165) is 11.8 Å². The van der Waals surface area contributed by atoms with E-state index in [1.807, 2.05) is 13.8 Å². The number of amides is 1. The summed E-state index contributed by atoms with van der Waals surface area (Å²) in [7, 11) is 0. The maximum atomic E-state index is 10.9. The van der Waals surface area contributed by atoms with Gasteiger partial charge in [-0.05, 0) is 24.7 Å². The van der Waals surface area contributed by atoms with Gasteiger partial charge in [0.05, 0.1) is 0 Å². The Balaban J connectivity index is 0. The molecule has 0 saturated heterocycles. The Morgan fingerprint density at radius 2 is 1.93 bits per heavy atom. The fourth-order valence-corrected chi connectivity index (χ4v) is 2.25. The van der Waals surface area contributed by atoms with Crippen LogP contribution < -0.4 is 5.32 Å². The summed E-state index contributed by atoms with van der Waals surface area (Å²) in [5.41, 5.74) is 0. The zero-order valence-electron chi connectivity index (χ0n) is 11.0. The standard InChI is InChI=1S/C11H21NO.C2H6.H2/c1-8(2)10-5-4-6-11(7-10)12-9(3)13;1-2;/h8,10-11H,4-7H2,1-3H3,(H,12,13);1-2H3;1H/t10-,11-;;/m1../s1. The van der Waals surface area contributed by atoms with E-state index in [4.69, 9.17) is 0 Å². The molecule has 1 N–H and O–H groups in total. The smallest absolute Gasteiger partial charge is 0.217 e. The summed E-state index contributed by atoms with van der Waals surface area (Å²) in [4.78, 5) is 10.9. The third kappa shape index (κ3) is 5.81. The van der Waals surface area contributed by atoms with Gasteiger partial charge in [-0.3, -0.25) is 4.79 Å². The summed E-state index contributed by atoms with van der Waals surface area (Å²) in [5.74, 6) is 1.69. The number of carbonyl (C=O) groups is 1. The van der Waals surface area contributed by atoms with Gasteiger partial charge in [-0.1, -0.05) is 40.5 Å². The second-order valence-electron chi connectivity index (χ2n) is 4.57. The third-order valence-corrected chi connectivity index (χ3v) is 3.06. The van der Waals surface area contributed by atoms with Gasteiger partial charge in [0.15, 0.2) is 0 Å². The van der Waals surface area contributed by atoms with Crippen molar-refractivity contribution in [3.8, 4) is 0 Å². The van der Waals surface area contributed by atoms with Gasteiger partial charge in [-0.15, -0.1) is 0 Å². The lowest BCUT2D eigenvalue weighted by Crippen LogP contribution is -2.38. The highest BCUT2D eigenvalue weighted by Gasteiger charge is 2.24. The van der Waals surface area contributed by atoms with Crippen LogP contribution >= 0.6 is 0 Å². The van der Waals surface area contributed by atoms with Gasteiger partial charge in [-0.25, -0.2) is 0 Å². The van der Waals surface area contributed by atoms with E-state index in [-0.39, 0.29) is 7.33 Å². The van der Waals surface area contributed by atoms with Gasteiger partial charge in [0.1, 0.15) is 0 Å². The van der Waals surface area contributed by atoms with Crippen LogP contribution in [0.4, 0.5) is 0 Å². The van der Waals surface area contributed by atoms with Crippen LogP contribution in [0.1, 0.15) is 61.7 Å². The molecule has 0 spiro atoms. The van der Waals surface area contributed by atoms with Crippen molar-refractivity contribution >= 4 is 5.91 Å². The molecule has 1 rings (SSSR count). The quantitative estimate of drug-likeness (QED) is 0.749. The molecule has 0 aromatic rings. The van der Waals surface area contributed by atoms with Gasteiger partial charge in [-0.2, -0.15) is 0 Å². The summed E-state index contributed by atoms with van der Waals surface area (Å²) in [6, 6.07) is 0.443. The maximum absolute atomic E-state index is 10.9. The highest BCUT2D eigenvalue weighted by atomic mass is 16.1. The maximum Gasteiger partial charge on any atom is 0.217 e. The molecule has 2 heteroatoms. The van der Waals surface area contributed by atoms with Gasteiger partial charge in [0.2, 0.25) is 5.91 Å². The zero-order chi connectivity index (χ0) is 11.8. The highest BCUT2D eigenvalue weighted by Crippen LogP contribution is 2.29. The number of hydrogen-bond donors (Lipinski definition) is 1. The second kappa shape index (κ2) is 7.72. The first kappa shape index (κ1) is 14.5. The molecule has 15 heavy (non-hydrogen) atoms. The molecule has 0 unspecified atom stereocenters. The first-order chi connectivity index (χ1) is 7.09. The van der Waals surface area contributed by atoms with Gasteiger partial charge < -0.3 is 5.32 Å². The molecule has 1 saturated carbocycles. The topological polar surface area (TPSA) is 29.1 Å². The van der Waals surface area contributed by atoms with E-state index in [9.17, 15) is 4.79 Å². The summed E-state index contributed by atoms with van der Waals surface area (Å²) >= 11 is 0. The van der Waals surface area contributed by atoms with Crippen LogP contribution in [0.5, 0.6) is 0 Å². The van der Waals surface area contributed by atoms with E-state index in [2.05, 4.69) is 19.2 Å². The van der Waals surface area contributed by atoms with Crippen LogP contribution in [0.2, 0.25) is 0 Å². The van der Waals surface area contributed by atoms with Crippen LogP contribution in [0, 0.1) is 11.8 Å². The van der Waals surface area contributed by atoms with Gasteiger partial charge in [0, 0.05) is 14.4 Å². The minimum Gasteiger partial charge on any atom is -0.354 e. The van der Waals surface area contributed by atoms with Crippen molar-refractivity contribution < 1.29 is 6.22 Å². The van der Waals surface area contributed by atoms with E-state index < -0.39 is 0 Å². The number of rotatable bonds is 2. The molecule has 1 fully saturated rings. The fourth-order valence-electron chi connectivity index (χ4n) is 2.25. The lowest BCUT2D eigenvalue weighted by atomic mass is 9.79. The normalized spacial score (nSPS) is 25.5. The predicted molar refractivity (Wildman–Crippen MR) is 67.9 cm³/mol.